The minimum absolute atomic E-state index is 0.0637. The Hall–Kier alpha value is -1.10. The second kappa shape index (κ2) is 6.80. The maximum Gasteiger partial charge on any atom is 0.249 e. The van der Waals surface area contributed by atoms with Crippen LogP contribution in [-0.2, 0) is 4.79 Å². The molecule has 4 nitrogen and oxygen atoms in total. The normalized spacial score (nSPS) is 30.0. The topological polar surface area (TPSA) is 52.6 Å². The van der Waals surface area contributed by atoms with Gasteiger partial charge in [0.05, 0.1) is 6.04 Å². The van der Waals surface area contributed by atoms with Crippen LogP contribution < -0.4 is 5.32 Å². The van der Waals surface area contributed by atoms with Gasteiger partial charge in [-0.1, -0.05) is 23.7 Å². The highest BCUT2D eigenvalue weighted by Gasteiger charge is 2.41. The third-order valence-electron chi connectivity index (χ3n) is 5.51. The first-order chi connectivity index (χ1) is 11.0. The van der Waals surface area contributed by atoms with Crippen molar-refractivity contribution in [2.45, 2.75) is 56.8 Å². The van der Waals surface area contributed by atoms with Crippen molar-refractivity contribution in [3.63, 3.8) is 0 Å². The smallest absolute Gasteiger partial charge is 0.249 e. The molecule has 3 rings (SSSR count). The fourth-order valence-corrected chi connectivity index (χ4v) is 4.27. The third kappa shape index (κ3) is 3.54. The van der Waals surface area contributed by atoms with E-state index in [2.05, 4.69) is 17.3 Å². The molecule has 0 spiro atoms. The van der Waals surface area contributed by atoms with E-state index in [0.29, 0.717) is 23.0 Å². The van der Waals surface area contributed by atoms with E-state index in [0.717, 1.165) is 18.4 Å². The quantitative estimate of drug-likeness (QED) is 0.889. The molecule has 2 fully saturated rings. The number of aliphatic hydroxyl groups excluding tert-OH is 1. The first kappa shape index (κ1) is 16.7. The van der Waals surface area contributed by atoms with Gasteiger partial charge in [-0.2, -0.15) is 0 Å². The lowest BCUT2D eigenvalue weighted by atomic mass is 9.82. The van der Waals surface area contributed by atoms with Crippen molar-refractivity contribution in [3.8, 4) is 0 Å². The van der Waals surface area contributed by atoms with Crippen molar-refractivity contribution >= 4 is 17.5 Å². The SMILES string of the molecule is C[C@H](O)C(=O)N[C@H](c1ccc(Cl)cc1)C1C[C@H]2CC[C@@H](C1)N2C. The number of amides is 1. The molecule has 0 aliphatic carbocycles. The van der Waals surface area contributed by atoms with E-state index in [4.69, 9.17) is 11.6 Å². The molecule has 2 bridgehead atoms. The van der Waals surface area contributed by atoms with Crippen LogP contribution in [0.1, 0.15) is 44.2 Å². The van der Waals surface area contributed by atoms with Gasteiger partial charge in [-0.3, -0.25) is 4.79 Å². The number of aliphatic hydroxyl groups is 1. The standard InChI is InChI=1S/C18H25ClN2O2/c1-11(22)18(23)20-17(12-3-5-14(19)6-4-12)13-9-15-7-8-16(10-13)21(15)2/h3-6,11,13,15-17,22H,7-10H2,1-2H3,(H,20,23)/t11-,13?,15-,16+,17+/m0/s1. The number of halogens is 1. The molecule has 1 aromatic rings. The first-order valence-electron chi connectivity index (χ1n) is 8.41. The summed E-state index contributed by atoms with van der Waals surface area (Å²) in [6.07, 6.45) is 3.67. The highest BCUT2D eigenvalue weighted by atomic mass is 35.5. The van der Waals surface area contributed by atoms with Gasteiger partial charge in [0, 0.05) is 17.1 Å². The molecular weight excluding hydrogens is 312 g/mol. The zero-order chi connectivity index (χ0) is 16.6. The third-order valence-corrected chi connectivity index (χ3v) is 5.76. The molecule has 0 aromatic heterocycles. The molecule has 0 saturated carbocycles. The van der Waals surface area contributed by atoms with E-state index in [1.54, 1.807) is 0 Å². The Bertz CT molecular complexity index is 547. The second-order valence-electron chi connectivity index (χ2n) is 7.00. The number of nitrogens with zero attached hydrogens (tertiary/aromatic N) is 1. The summed E-state index contributed by atoms with van der Waals surface area (Å²) < 4.78 is 0. The van der Waals surface area contributed by atoms with Crippen LogP contribution in [0, 0.1) is 5.92 Å². The Morgan fingerprint density at radius 1 is 1.26 bits per heavy atom. The summed E-state index contributed by atoms with van der Waals surface area (Å²) in [5.74, 6) is 0.0869. The molecule has 23 heavy (non-hydrogen) atoms. The van der Waals surface area contributed by atoms with Gasteiger partial charge in [0.2, 0.25) is 5.91 Å². The number of piperidine rings is 1. The van der Waals surface area contributed by atoms with Crippen LogP contribution in [0.5, 0.6) is 0 Å². The lowest BCUT2D eigenvalue weighted by Gasteiger charge is -2.40. The number of fused-ring (bicyclic) bond motifs is 2. The molecule has 0 radical (unpaired) electrons. The molecular formula is C18H25ClN2O2. The van der Waals surface area contributed by atoms with Crippen LogP contribution in [0.2, 0.25) is 5.02 Å². The van der Waals surface area contributed by atoms with Gasteiger partial charge < -0.3 is 15.3 Å². The van der Waals surface area contributed by atoms with Gasteiger partial charge in [-0.25, -0.2) is 0 Å². The largest absolute Gasteiger partial charge is 0.384 e. The molecule has 2 saturated heterocycles. The number of hydrogen-bond acceptors (Lipinski definition) is 3. The molecule has 126 valence electrons. The Labute approximate surface area is 142 Å². The Morgan fingerprint density at radius 2 is 1.83 bits per heavy atom. The predicted molar refractivity (Wildman–Crippen MR) is 91.3 cm³/mol. The van der Waals surface area contributed by atoms with Crippen LogP contribution in [-0.4, -0.2) is 41.1 Å². The summed E-state index contributed by atoms with van der Waals surface area (Å²) in [6.45, 7) is 1.51. The van der Waals surface area contributed by atoms with Gasteiger partial charge in [0.25, 0.3) is 0 Å². The van der Waals surface area contributed by atoms with Gasteiger partial charge >= 0.3 is 0 Å². The summed E-state index contributed by atoms with van der Waals surface area (Å²) in [4.78, 5) is 14.6. The molecule has 2 aliphatic heterocycles. The minimum atomic E-state index is -0.993. The highest BCUT2D eigenvalue weighted by molar-refractivity contribution is 6.30. The summed E-state index contributed by atoms with van der Waals surface area (Å²) in [5, 5.41) is 13.3. The van der Waals surface area contributed by atoms with Gasteiger partial charge in [-0.05, 0) is 63.3 Å². The zero-order valence-electron chi connectivity index (χ0n) is 13.7. The molecule has 1 amide bonds. The molecule has 5 heteroatoms. The van der Waals surface area contributed by atoms with Crippen molar-refractivity contribution in [2.24, 2.45) is 5.92 Å². The van der Waals surface area contributed by atoms with Crippen molar-refractivity contribution in [1.82, 2.24) is 10.2 Å². The molecule has 5 atom stereocenters. The first-order valence-corrected chi connectivity index (χ1v) is 8.79. The zero-order valence-corrected chi connectivity index (χ0v) is 14.5. The summed E-state index contributed by atoms with van der Waals surface area (Å²) in [7, 11) is 2.21. The van der Waals surface area contributed by atoms with Crippen LogP contribution in [0.15, 0.2) is 24.3 Å². The lowest BCUT2D eigenvalue weighted by molar-refractivity contribution is -0.129. The van der Waals surface area contributed by atoms with Gasteiger partial charge in [0.15, 0.2) is 0 Å². The van der Waals surface area contributed by atoms with Crippen molar-refractivity contribution in [2.75, 3.05) is 7.05 Å². The average molecular weight is 337 g/mol. The van der Waals surface area contributed by atoms with E-state index in [9.17, 15) is 9.90 Å². The second-order valence-corrected chi connectivity index (χ2v) is 7.43. The maximum absolute atomic E-state index is 12.1. The maximum atomic E-state index is 12.1. The molecule has 2 heterocycles. The summed E-state index contributed by atoms with van der Waals surface area (Å²) >= 11 is 6.00. The fourth-order valence-electron chi connectivity index (χ4n) is 4.14. The van der Waals surface area contributed by atoms with Crippen LogP contribution >= 0.6 is 11.6 Å². The molecule has 1 aromatic carbocycles. The van der Waals surface area contributed by atoms with E-state index in [1.807, 2.05) is 24.3 Å². The van der Waals surface area contributed by atoms with Gasteiger partial charge in [0.1, 0.15) is 6.10 Å². The van der Waals surface area contributed by atoms with Crippen molar-refractivity contribution in [3.05, 3.63) is 34.9 Å². The Balaban J connectivity index is 1.83. The number of rotatable bonds is 4. The number of carbonyl (C=O) groups excluding carboxylic acids is 1. The Kier molecular flexibility index (Phi) is 4.95. The van der Waals surface area contributed by atoms with E-state index in [-0.39, 0.29) is 11.9 Å². The van der Waals surface area contributed by atoms with Gasteiger partial charge in [-0.15, -0.1) is 0 Å². The fraction of sp³-hybridized carbons (Fsp3) is 0.611. The van der Waals surface area contributed by atoms with Crippen LogP contribution in [0.25, 0.3) is 0 Å². The van der Waals surface area contributed by atoms with Crippen molar-refractivity contribution < 1.29 is 9.90 Å². The van der Waals surface area contributed by atoms with E-state index < -0.39 is 6.10 Å². The molecule has 1 unspecified atom stereocenters. The average Bonchev–Trinajstić information content (AvgIpc) is 2.75. The number of hydrogen-bond donors (Lipinski definition) is 2. The molecule has 2 N–H and O–H groups in total. The summed E-state index contributed by atoms with van der Waals surface area (Å²) in [6, 6.07) is 8.84. The lowest BCUT2D eigenvalue weighted by Crippen LogP contribution is -2.46. The number of nitrogens with one attached hydrogen (secondary N) is 1. The molecule has 2 aliphatic rings. The number of carbonyl (C=O) groups is 1. The Morgan fingerprint density at radius 3 is 2.35 bits per heavy atom. The monoisotopic (exact) mass is 336 g/mol. The summed E-state index contributed by atoms with van der Waals surface area (Å²) in [5.41, 5.74) is 1.07. The minimum Gasteiger partial charge on any atom is -0.384 e. The van der Waals surface area contributed by atoms with E-state index in [1.165, 1.54) is 19.8 Å². The predicted octanol–water partition coefficient (Wildman–Crippen LogP) is 2.75. The number of benzene rings is 1. The van der Waals surface area contributed by atoms with Crippen molar-refractivity contribution in [1.29, 1.82) is 0 Å². The van der Waals surface area contributed by atoms with Crippen LogP contribution in [0.4, 0.5) is 0 Å². The van der Waals surface area contributed by atoms with Crippen LogP contribution in [0.3, 0.4) is 0 Å². The highest BCUT2D eigenvalue weighted by Crippen LogP contribution is 2.42. The van der Waals surface area contributed by atoms with E-state index >= 15 is 0 Å².